The van der Waals surface area contributed by atoms with E-state index in [1.807, 2.05) is 24.3 Å². The van der Waals surface area contributed by atoms with Gasteiger partial charge >= 0.3 is 0 Å². The molecular weight excluding hydrogens is 256 g/mol. The maximum Gasteiger partial charge on any atom is 0.233 e. The lowest BCUT2D eigenvalue weighted by Crippen LogP contribution is -2.36. The fourth-order valence-corrected chi connectivity index (χ4v) is 2.64. The van der Waals surface area contributed by atoms with Crippen molar-refractivity contribution in [2.45, 2.75) is 12.8 Å². The quantitative estimate of drug-likeness (QED) is 0.770. The van der Waals surface area contributed by atoms with Crippen molar-refractivity contribution < 1.29 is 14.3 Å². The molecule has 1 aliphatic heterocycles. The average Bonchev–Trinajstić information content (AvgIpc) is 3.20. The van der Waals surface area contributed by atoms with Gasteiger partial charge < -0.3 is 10.5 Å². The largest absolute Gasteiger partial charge is 0.492 e. The second-order valence-electron chi connectivity index (χ2n) is 5.31. The minimum absolute atomic E-state index is 0.0260. The number of amides is 2. The van der Waals surface area contributed by atoms with Crippen LogP contribution in [0.4, 0.5) is 0 Å². The minimum Gasteiger partial charge on any atom is -0.492 e. The van der Waals surface area contributed by atoms with Crippen molar-refractivity contribution in [2.24, 2.45) is 17.6 Å². The van der Waals surface area contributed by atoms with Crippen LogP contribution < -0.4 is 10.5 Å². The predicted molar refractivity (Wildman–Crippen MR) is 73.0 cm³/mol. The fourth-order valence-electron chi connectivity index (χ4n) is 2.64. The minimum atomic E-state index is -0.0296. The molecule has 106 valence electrons. The highest BCUT2D eigenvalue weighted by Crippen LogP contribution is 2.46. The number of hydrogen-bond donors (Lipinski definition) is 1. The molecule has 3 rings (SSSR count). The number of piperidine rings is 1. The van der Waals surface area contributed by atoms with Crippen LogP contribution in [-0.4, -0.2) is 36.4 Å². The molecule has 5 nitrogen and oxygen atoms in total. The summed E-state index contributed by atoms with van der Waals surface area (Å²) in [6, 6.07) is 7.72. The van der Waals surface area contributed by atoms with Crippen LogP contribution in [0.15, 0.2) is 24.3 Å². The Morgan fingerprint density at radius 1 is 1.15 bits per heavy atom. The number of carbonyl (C=O) groups excluding carboxylic acids is 2. The molecule has 1 aliphatic carbocycles. The third kappa shape index (κ3) is 2.41. The topological polar surface area (TPSA) is 72.6 Å². The van der Waals surface area contributed by atoms with Crippen LogP contribution in [0.1, 0.15) is 12.0 Å². The van der Waals surface area contributed by atoms with Gasteiger partial charge in [0, 0.05) is 0 Å². The van der Waals surface area contributed by atoms with Gasteiger partial charge in [-0.2, -0.15) is 0 Å². The Morgan fingerprint density at radius 2 is 1.80 bits per heavy atom. The summed E-state index contributed by atoms with van der Waals surface area (Å²) in [5, 5.41) is 0. The number of imide groups is 1. The molecule has 2 atom stereocenters. The Hall–Kier alpha value is -1.88. The van der Waals surface area contributed by atoms with E-state index in [2.05, 4.69) is 0 Å². The van der Waals surface area contributed by atoms with Crippen LogP contribution in [0.25, 0.3) is 0 Å². The number of carbonyl (C=O) groups is 2. The van der Waals surface area contributed by atoms with Gasteiger partial charge in [0.2, 0.25) is 11.8 Å². The molecule has 1 aromatic carbocycles. The highest BCUT2D eigenvalue weighted by atomic mass is 16.5. The summed E-state index contributed by atoms with van der Waals surface area (Å²) in [7, 11) is 0. The van der Waals surface area contributed by atoms with Gasteiger partial charge in [-0.25, -0.2) is 0 Å². The van der Waals surface area contributed by atoms with E-state index in [1.54, 1.807) is 0 Å². The average molecular weight is 274 g/mol. The number of fused-ring (bicyclic) bond motifs is 1. The normalized spacial score (nSPS) is 23.9. The molecule has 1 aromatic rings. The third-order valence-electron chi connectivity index (χ3n) is 3.90. The second-order valence-corrected chi connectivity index (χ2v) is 5.31. The van der Waals surface area contributed by atoms with Crippen molar-refractivity contribution >= 4 is 11.8 Å². The Balaban J connectivity index is 1.48. The van der Waals surface area contributed by atoms with E-state index in [9.17, 15) is 9.59 Å². The number of hydrogen-bond acceptors (Lipinski definition) is 4. The van der Waals surface area contributed by atoms with Crippen LogP contribution in [-0.2, 0) is 16.0 Å². The van der Waals surface area contributed by atoms with E-state index < -0.39 is 0 Å². The first-order valence-electron chi connectivity index (χ1n) is 6.97. The Kier molecular flexibility index (Phi) is 3.44. The third-order valence-corrected chi connectivity index (χ3v) is 3.90. The molecule has 0 spiro atoms. The Labute approximate surface area is 117 Å². The zero-order valence-corrected chi connectivity index (χ0v) is 11.2. The standard InChI is InChI=1S/C15H18N2O3/c16-6-5-10-1-3-11(4-2-10)20-8-7-17-14(18)12-9-13(12)15(17)19/h1-4,12-13H,5-9,16H2. The lowest BCUT2D eigenvalue weighted by Gasteiger charge is -2.16. The van der Waals surface area contributed by atoms with Gasteiger partial charge in [0.1, 0.15) is 12.4 Å². The summed E-state index contributed by atoms with van der Waals surface area (Å²) < 4.78 is 5.57. The van der Waals surface area contributed by atoms with Crippen molar-refractivity contribution in [3.05, 3.63) is 29.8 Å². The van der Waals surface area contributed by atoms with Gasteiger partial charge in [-0.15, -0.1) is 0 Å². The number of nitrogens with two attached hydrogens (primary N) is 1. The molecule has 2 unspecified atom stereocenters. The summed E-state index contributed by atoms with van der Waals surface area (Å²) in [5.74, 6) is 0.634. The van der Waals surface area contributed by atoms with E-state index in [-0.39, 0.29) is 23.7 Å². The first kappa shape index (κ1) is 13.1. The number of rotatable bonds is 6. The highest BCUT2D eigenvalue weighted by Gasteiger charge is 2.58. The maximum absolute atomic E-state index is 11.8. The smallest absolute Gasteiger partial charge is 0.233 e. The highest BCUT2D eigenvalue weighted by molar-refractivity contribution is 6.08. The second kappa shape index (κ2) is 5.25. The zero-order valence-electron chi connectivity index (χ0n) is 11.2. The number of nitrogens with zero attached hydrogens (tertiary/aromatic N) is 1. The van der Waals surface area contributed by atoms with E-state index in [0.717, 1.165) is 18.6 Å². The summed E-state index contributed by atoms with van der Waals surface area (Å²) in [6.45, 7) is 1.31. The lowest BCUT2D eigenvalue weighted by atomic mass is 10.1. The van der Waals surface area contributed by atoms with E-state index in [1.165, 1.54) is 10.5 Å². The van der Waals surface area contributed by atoms with Crippen LogP contribution >= 0.6 is 0 Å². The first-order chi connectivity index (χ1) is 9.70. The van der Waals surface area contributed by atoms with Crippen molar-refractivity contribution in [3.8, 4) is 5.75 Å². The van der Waals surface area contributed by atoms with Crippen LogP contribution in [0.2, 0.25) is 0 Å². The summed E-state index contributed by atoms with van der Waals surface area (Å²) in [6.07, 6.45) is 1.59. The summed E-state index contributed by atoms with van der Waals surface area (Å²) in [5.41, 5.74) is 6.66. The van der Waals surface area contributed by atoms with Gasteiger partial charge in [-0.05, 0) is 37.1 Å². The van der Waals surface area contributed by atoms with Gasteiger partial charge in [0.25, 0.3) is 0 Å². The van der Waals surface area contributed by atoms with Gasteiger partial charge in [0.05, 0.1) is 18.4 Å². The SMILES string of the molecule is NCCc1ccc(OCCN2C(=O)C3CC3C2=O)cc1. The first-order valence-corrected chi connectivity index (χ1v) is 6.97. The monoisotopic (exact) mass is 274 g/mol. The van der Waals surface area contributed by atoms with Gasteiger partial charge in [-0.3, -0.25) is 14.5 Å². The van der Waals surface area contributed by atoms with Crippen molar-refractivity contribution in [2.75, 3.05) is 19.7 Å². The van der Waals surface area contributed by atoms with Crippen LogP contribution in [0, 0.1) is 11.8 Å². The molecule has 20 heavy (non-hydrogen) atoms. The molecule has 1 saturated carbocycles. The van der Waals surface area contributed by atoms with E-state index in [0.29, 0.717) is 19.7 Å². The van der Waals surface area contributed by atoms with Crippen LogP contribution in [0.5, 0.6) is 5.75 Å². The summed E-state index contributed by atoms with van der Waals surface area (Å²) >= 11 is 0. The molecule has 1 heterocycles. The molecule has 2 N–H and O–H groups in total. The Bertz CT molecular complexity index is 506. The van der Waals surface area contributed by atoms with E-state index >= 15 is 0 Å². The molecule has 2 amide bonds. The predicted octanol–water partition coefficient (Wildman–Crippen LogP) is 0.571. The van der Waals surface area contributed by atoms with Crippen molar-refractivity contribution in [3.63, 3.8) is 0 Å². The molecule has 5 heteroatoms. The molecule has 2 fully saturated rings. The number of ether oxygens (including phenoxy) is 1. The van der Waals surface area contributed by atoms with E-state index in [4.69, 9.17) is 10.5 Å². The molecule has 0 radical (unpaired) electrons. The molecule has 0 aromatic heterocycles. The maximum atomic E-state index is 11.8. The lowest BCUT2D eigenvalue weighted by molar-refractivity contribution is -0.141. The fraction of sp³-hybridized carbons (Fsp3) is 0.467. The zero-order chi connectivity index (χ0) is 14.1. The van der Waals surface area contributed by atoms with Crippen molar-refractivity contribution in [1.82, 2.24) is 4.90 Å². The van der Waals surface area contributed by atoms with Gasteiger partial charge in [0.15, 0.2) is 0 Å². The number of benzene rings is 1. The molecular formula is C15H18N2O3. The molecule has 0 bridgehead atoms. The Morgan fingerprint density at radius 3 is 2.40 bits per heavy atom. The molecule has 2 aliphatic rings. The number of likely N-dealkylation sites (tertiary alicyclic amines) is 1. The summed E-state index contributed by atoms with van der Waals surface area (Å²) in [4.78, 5) is 24.8. The van der Waals surface area contributed by atoms with Gasteiger partial charge in [-0.1, -0.05) is 12.1 Å². The van der Waals surface area contributed by atoms with Crippen molar-refractivity contribution in [1.29, 1.82) is 0 Å². The van der Waals surface area contributed by atoms with Crippen LogP contribution in [0.3, 0.4) is 0 Å². The molecule has 1 saturated heterocycles.